The van der Waals surface area contributed by atoms with Gasteiger partial charge in [0.2, 0.25) is 11.8 Å². The van der Waals surface area contributed by atoms with Gasteiger partial charge in [0, 0.05) is 32.2 Å². The van der Waals surface area contributed by atoms with Gasteiger partial charge in [-0.3, -0.25) is 0 Å². The van der Waals surface area contributed by atoms with Crippen LogP contribution in [0.15, 0.2) is 24.5 Å². The zero-order valence-corrected chi connectivity index (χ0v) is 18.5. The SMILES string of the molecule is COC(=O)c1cc(Cl)nc(Oc2cnc(N3CCN(C(=O)OC(C)(C)C)CC3)nc2)c1. The van der Waals surface area contributed by atoms with Crippen molar-refractivity contribution in [3.05, 3.63) is 35.2 Å². The molecule has 1 aliphatic heterocycles. The van der Waals surface area contributed by atoms with Crippen LogP contribution in [0.25, 0.3) is 0 Å². The number of hydrogen-bond acceptors (Lipinski definition) is 9. The first-order chi connectivity index (χ1) is 14.6. The fourth-order valence-corrected chi connectivity index (χ4v) is 3.02. The number of halogens is 1. The Morgan fingerprint density at radius 1 is 1.06 bits per heavy atom. The maximum absolute atomic E-state index is 12.2. The van der Waals surface area contributed by atoms with Gasteiger partial charge in [-0.25, -0.2) is 24.5 Å². The van der Waals surface area contributed by atoms with Crippen LogP contribution < -0.4 is 9.64 Å². The maximum atomic E-state index is 12.2. The molecule has 0 saturated carbocycles. The van der Waals surface area contributed by atoms with Crippen molar-refractivity contribution in [1.29, 1.82) is 0 Å². The summed E-state index contributed by atoms with van der Waals surface area (Å²) < 4.78 is 15.7. The highest BCUT2D eigenvalue weighted by atomic mass is 35.5. The highest BCUT2D eigenvalue weighted by molar-refractivity contribution is 6.29. The fourth-order valence-electron chi connectivity index (χ4n) is 2.82. The Hall–Kier alpha value is -3.14. The van der Waals surface area contributed by atoms with Crippen molar-refractivity contribution in [2.24, 2.45) is 0 Å². The summed E-state index contributed by atoms with van der Waals surface area (Å²) in [7, 11) is 1.27. The predicted octanol–water partition coefficient (Wildman–Crippen LogP) is 3.16. The van der Waals surface area contributed by atoms with E-state index in [0.29, 0.717) is 37.9 Å². The Labute approximate surface area is 185 Å². The van der Waals surface area contributed by atoms with Gasteiger partial charge < -0.3 is 24.0 Å². The molecule has 0 spiro atoms. The number of hydrogen-bond donors (Lipinski definition) is 0. The van der Waals surface area contributed by atoms with E-state index < -0.39 is 11.6 Å². The lowest BCUT2D eigenvalue weighted by Gasteiger charge is -2.35. The zero-order valence-electron chi connectivity index (χ0n) is 17.8. The van der Waals surface area contributed by atoms with Crippen LogP contribution in [0.3, 0.4) is 0 Å². The van der Waals surface area contributed by atoms with E-state index in [1.807, 2.05) is 25.7 Å². The quantitative estimate of drug-likeness (QED) is 0.513. The summed E-state index contributed by atoms with van der Waals surface area (Å²) in [4.78, 5) is 40.2. The number of anilines is 1. The lowest BCUT2D eigenvalue weighted by atomic mass is 10.2. The van der Waals surface area contributed by atoms with Gasteiger partial charge in [0.05, 0.1) is 25.1 Å². The molecule has 3 heterocycles. The Morgan fingerprint density at radius 3 is 2.29 bits per heavy atom. The van der Waals surface area contributed by atoms with Crippen molar-refractivity contribution in [2.75, 3.05) is 38.2 Å². The van der Waals surface area contributed by atoms with E-state index in [1.54, 1.807) is 4.90 Å². The van der Waals surface area contributed by atoms with Crippen LogP contribution in [0.5, 0.6) is 11.6 Å². The standard InChI is InChI=1S/C20H24ClN5O5/c1-20(2,3)31-19(28)26-7-5-25(6-8-26)18-22-11-14(12-23-18)30-16-10-13(17(27)29-4)9-15(21)24-16/h9-12H,5-8H2,1-4H3. The van der Waals surface area contributed by atoms with Crippen LogP contribution in [0.1, 0.15) is 31.1 Å². The second kappa shape index (κ2) is 9.34. The lowest BCUT2D eigenvalue weighted by molar-refractivity contribution is 0.0240. The average molecular weight is 450 g/mol. The third-order valence-electron chi connectivity index (χ3n) is 4.24. The molecule has 0 radical (unpaired) electrons. The number of pyridine rings is 1. The Bertz CT molecular complexity index is 940. The Kier molecular flexibility index (Phi) is 6.79. The largest absolute Gasteiger partial charge is 0.465 e. The van der Waals surface area contributed by atoms with Crippen molar-refractivity contribution in [2.45, 2.75) is 26.4 Å². The van der Waals surface area contributed by atoms with Crippen molar-refractivity contribution < 1.29 is 23.8 Å². The number of aromatic nitrogens is 3. The molecule has 1 aliphatic rings. The summed E-state index contributed by atoms with van der Waals surface area (Å²) in [5, 5.41) is 0.0956. The third-order valence-corrected chi connectivity index (χ3v) is 4.44. The smallest absolute Gasteiger partial charge is 0.410 e. The first-order valence-electron chi connectivity index (χ1n) is 9.63. The number of carbonyl (C=O) groups is 2. The van der Waals surface area contributed by atoms with E-state index in [4.69, 9.17) is 21.1 Å². The first kappa shape index (κ1) is 22.5. The highest BCUT2D eigenvalue weighted by Crippen LogP contribution is 2.23. The van der Waals surface area contributed by atoms with Gasteiger partial charge in [-0.2, -0.15) is 0 Å². The molecule has 11 heteroatoms. The van der Waals surface area contributed by atoms with Gasteiger partial charge in [-0.05, 0) is 26.8 Å². The molecule has 0 N–H and O–H groups in total. The van der Waals surface area contributed by atoms with E-state index in [-0.39, 0.29) is 22.7 Å². The molecular formula is C20H24ClN5O5. The van der Waals surface area contributed by atoms with E-state index in [1.165, 1.54) is 31.6 Å². The molecule has 0 bridgehead atoms. The Balaban J connectivity index is 1.60. The highest BCUT2D eigenvalue weighted by Gasteiger charge is 2.26. The number of carbonyl (C=O) groups excluding carboxylic acids is 2. The van der Waals surface area contributed by atoms with Crippen molar-refractivity contribution in [1.82, 2.24) is 19.9 Å². The monoisotopic (exact) mass is 449 g/mol. The number of piperazine rings is 1. The minimum Gasteiger partial charge on any atom is -0.465 e. The van der Waals surface area contributed by atoms with E-state index in [9.17, 15) is 9.59 Å². The van der Waals surface area contributed by atoms with Crippen LogP contribution in [-0.4, -0.2) is 70.8 Å². The van der Waals surface area contributed by atoms with Gasteiger partial charge in [-0.15, -0.1) is 0 Å². The molecule has 0 aromatic carbocycles. The molecule has 0 unspecified atom stereocenters. The number of nitrogens with zero attached hydrogens (tertiary/aromatic N) is 5. The van der Waals surface area contributed by atoms with Gasteiger partial charge >= 0.3 is 12.1 Å². The molecule has 31 heavy (non-hydrogen) atoms. The van der Waals surface area contributed by atoms with Crippen LogP contribution in [0.4, 0.5) is 10.7 Å². The average Bonchev–Trinajstić information content (AvgIpc) is 2.72. The van der Waals surface area contributed by atoms with Gasteiger partial charge in [0.15, 0.2) is 5.75 Å². The predicted molar refractivity (Wildman–Crippen MR) is 113 cm³/mol. The van der Waals surface area contributed by atoms with Crippen molar-refractivity contribution in [3.8, 4) is 11.6 Å². The summed E-state index contributed by atoms with van der Waals surface area (Å²) in [5.41, 5.74) is -0.305. The second-order valence-electron chi connectivity index (χ2n) is 7.78. The van der Waals surface area contributed by atoms with E-state index in [2.05, 4.69) is 19.7 Å². The molecule has 1 amide bonds. The molecule has 0 aliphatic carbocycles. The normalized spacial score (nSPS) is 14.2. The molecule has 0 atom stereocenters. The second-order valence-corrected chi connectivity index (χ2v) is 8.17. The Morgan fingerprint density at radius 2 is 1.71 bits per heavy atom. The molecule has 1 fully saturated rings. The van der Waals surface area contributed by atoms with E-state index >= 15 is 0 Å². The summed E-state index contributed by atoms with van der Waals surface area (Å²) in [6.07, 6.45) is 2.68. The van der Waals surface area contributed by atoms with Crippen LogP contribution in [-0.2, 0) is 9.47 Å². The molecule has 2 aromatic rings. The van der Waals surface area contributed by atoms with Crippen LogP contribution >= 0.6 is 11.6 Å². The topological polar surface area (TPSA) is 107 Å². The van der Waals surface area contributed by atoms with Gasteiger partial charge in [-0.1, -0.05) is 11.6 Å². The summed E-state index contributed by atoms with van der Waals surface area (Å²) >= 11 is 5.94. The summed E-state index contributed by atoms with van der Waals surface area (Å²) in [6.45, 7) is 7.71. The molecule has 3 rings (SSSR count). The first-order valence-corrected chi connectivity index (χ1v) is 10.0. The molecule has 1 saturated heterocycles. The van der Waals surface area contributed by atoms with Gasteiger partial charge in [0.1, 0.15) is 10.8 Å². The number of methoxy groups -OCH3 is 1. The number of amides is 1. The van der Waals surface area contributed by atoms with E-state index in [0.717, 1.165) is 0 Å². The minimum atomic E-state index is -0.550. The zero-order chi connectivity index (χ0) is 22.6. The third kappa shape index (κ3) is 6.17. The molecular weight excluding hydrogens is 426 g/mol. The van der Waals surface area contributed by atoms with Crippen LogP contribution in [0, 0.1) is 0 Å². The molecule has 166 valence electrons. The molecule has 10 nitrogen and oxygen atoms in total. The molecule has 2 aromatic heterocycles. The van der Waals surface area contributed by atoms with Crippen LogP contribution in [0.2, 0.25) is 5.15 Å². The maximum Gasteiger partial charge on any atom is 0.410 e. The lowest BCUT2D eigenvalue weighted by Crippen LogP contribution is -2.50. The number of ether oxygens (including phenoxy) is 3. The van der Waals surface area contributed by atoms with Gasteiger partial charge in [0.25, 0.3) is 0 Å². The summed E-state index contributed by atoms with van der Waals surface area (Å²) in [5.74, 6) is 0.425. The summed E-state index contributed by atoms with van der Waals surface area (Å²) in [6, 6.07) is 2.80. The van der Waals surface area contributed by atoms with Crippen molar-refractivity contribution >= 4 is 29.6 Å². The fraction of sp³-hybridized carbons (Fsp3) is 0.450. The minimum absolute atomic E-state index is 0.0956. The number of esters is 1. The van der Waals surface area contributed by atoms with Crippen molar-refractivity contribution in [3.63, 3.8) is 0 Å². The number of rotatable bonds is 4.